The molecule has 0 spiro atoms. The zero-order valence-corrected chi connectivity index (χ0v) is 12.1. The maximum Gasteiger partial charge on any atom is 0.330 e. The van der Waals surface area contributed by atoms with Crippen LogP contribution in [0.25, 0.3) is 6.08 Å². The third-order valence-electron chi connectivity index (χ3n) is 3.57. The van der Waals surface area contributed by atoms with Crippen LogP contribution >= 0.6 is 0 Å². The third kappa shape index (κ3) is 3.92. The lowest BCUT2D eigenvalue weighted by Gasteiger charge is -2.36. The Balaban J connectivity index is 1.93. The number of hydrogen-bond acceptors (Lipinski definition) is 4. The van der Waals surface area contributed by atoms with Gasteiger partial charge in [-0.2, -0.15) is 0 Å². The van der Waals surface area contributed by atoms with Crippen LogP contribution in [-0.4, -0.2) is 24.0 Å². The zero-order chi connectivity index (χ0) is 15.3. The molecule has 0 bridgehead atoms. The van der Waals surface area contributed by atoms with E-state index in [9.17, 15) is 9.59 Å². The lowest BCUT2D eigenvalue weighted by molar-refractivity contribution is -0.137. The molecular weight excluding hydrogens is 268 g/mol. The number of rotatable bonds is 5. The van der Waals surface area contributed by atoms with Gasteiger partial charge in [0.25, 0.3) is 0 Å². The lowest BCUT2D eigenvalue weighted by Crippen LogP contribution is -2.56. The molecule has 3 N–H and O–H groups in total. The largest absolute Gasteiger partial charge is 0.463 e. The summed E-state index contributed by atoms with van der Waals surface area (Å²) in [6.45, 7) is 2.12. The first-order valence-corrected chi connectivity index (χ1v) is 7.09. The van der Waals surface area contributed by atoms with E-state index in [2.05, 4.69) is 5.32 Å². The number of benzene rings is 1. The van der Waals surface area contributed by atoms with E-state index in [1.54, 1.807) is 25.1 Å². The van der Waals surface area contributed by atoms with Gasteiger partial charge in [0.15, 0.2) is 0 Å². The molecule has 1 aliphatic carbocycles. The van der Waals surface area contributed by atoms with Crippen LogP contribution in [-0.2, 0) is 14.3 Å². The molecule has 112 valence electrons. The molecule has 1 aromatic carbocycles. The first-order valence-electron chi connectivity index (χ1n) is 7.09. The molecule has 0 aliphatic heterocycles. The van der Waals surface area contributed by atoms with E-state index in [0.717, 1.165) is 24.8 Å². The fraction of sp³-hybridized carbons (Fsp3) is 0.375. The van der Waals surface area contributed by atoms with Crippen molar-refractivity contribution < 1.29 is 14.3 Å². The van der Waals surface area contributed by atoms with E-state index >= 15 is 0 Å². The maximum absolute atomic E-state index is 12.0. The van der Waals surface area contributed by atoms with Gasteiger partial charge in [-0.1, -0.05) is 12.1 Å². The number of hydrogen-bond donors (Lipinski definition) is 2. The summed E-state index contributed by atoms with van der Waals surface area (Å²) in [6.07, 6.45) is 5.51. The Morgan fingerprint density at radius 3 is 2.52 bits per heavy atom. The second kappa shape index (κ2) is 6.54. The molecule has 1 saturated carbocycles. The molecular formula is C16H20N2O3. The van der Waals surface area contributed by atoms with Crippen molar-refractivity contribution in [3.05, 3.63) is 35.9 Å². The van der Waals surface area contributed by atoms with Gasteiger partial charge in [-0.15, -0.1) is 0 Å². The summed E-state index contributed by atoms with van der Waals surface area (Å²) in [5.74, 6) is -0.506. The van der Waals surface area contributed by atoms with Gasteiger partial charge in [0.05, 0.1) is 12.1 Å². The summed E-state index contributed by atoms with van der Waals surface area (Å²) in [5.41, 5.74) is 6.81. The third-order valence-corrected chi connectivity index (χ3v) is 3.57. The van der Waals surface area contributed by atoms with Crippen molar-refractivity contribution in [3.8, 4) is 0 Å². The van der Waals surface area contributed by atoms with Crippen LogP contribution in [0.15, 0.2) is 30.3 Å². The van der Waals surface area contributed by atoms with Gasteiger partial charge >= 0.3 is 5.97 Å². The molecule has 1 aromatic rings. The fourth-order valence-corrected chi connectivity index (χ4v) is 2.07. The molecule has 2 rings (SSSR count). The van der Waals surface area contributed by atoms with Gasteiger partial charge in [0.1, 0.15) is 0 Å². The predicted molar refractivity (Wildman–Crippen MR) is 81.5 cm³/mol. The Bertz CT molecular complexity index is 545. The smallest absolute Gasteiger partial charge is 0.330 e. The summed E-state index contributed by atoms with van der Waals surface area (Å²) in [4.78, 5) is 23.2. The highest BCUT2D eigenvalue weighted by atomic mass is 16.5. The number of nitrogens with two attached hydrogens (primary N) is 1. The van der Waals surface area contributed by atoms with Crippen molar-refractivity contribution in [1.29, 1.82) is 0 Å². The number of ether oxygens (including phenoxy) is 1. The van der Waals surface area contributed by atoms with Crippen LogP contribution in [0.3, 0.4) is 0 Å². The fourth-order valence-electron chi connectivity index (χ4n) is 2.07. The van der Waals surface area contributed by atoms with Gasteiger partial charge in [-0.3, -0.25) is 4.79 Å². The van der Waals surface area contributed by atoms with Crippen molar-refractivity contribution in [2.75, 3.05) is 11.9 Å². The minimum absolute atomic E-state index is 0.136. The zero-order valence-electron chi connectivity index (χ0n) is 12.1. The van der Waals surface area contributed by atoms with Gasteiger partial charge < -0.3 is 15.8 Å². The van der Waals surface area contributed by atoms with Crippen molar-refractivity contribution in [1.82, 2.24) is 0 Å². The van der Waals surface area contributed by atoms with E-state index in [1.807, 2.05) is 12.1 Å². The number of anilines is 1. The Morgan fingerprint density at radius 2 is 2.00 bits per heavy atom. The summed E-state index contributed by atoms with van der Waals surface area (Å²) in [5, 5.41) is 2.82. The summed E-state index contributed by atoms with van der Waals surface area (Å²) in [6, 6.07) is 7.19. The van der Waals surface area contributed by atoms with Crippen LogP contribution in [0.2, 0.25) is 0 Å². The Morgan fingerprint density at radius 1 is 1.33 bits per heavy atom. The highest BCUT2D eigenvalue weighted by Gasteiger charge is 2.40. The highest BCUT2D eigenvalue weighted by molar-refractivity contribution is 5.98. The Kier molecular flexibility index (Phi) is 4.75. The average Bonchev–Trinajstić information content (AvgIpc) is 2.44. The molecule has 1 aliphatic rings. The molecule has 5 heteroatoms. The van der Waals surface area contributed by atoms with Gasteiger partial charge in [0.2, 0.25) is 5.91 Å². The van der Waals surface area contributed by atoms with Crippen LogP contribution in [0.5, 0.6) is 0 Å². The monoisotopic (exact) mass is 288 g/mol. The minimum atomic E-state index is -0.706. The molecule has 0 atom stereocenters. The minimum Gasteiger partial charge on any atom is -0.463 e. The van der Waals surface area contributed by atoms with Gasteiger partial charge in [-0.05, 0) is 50.0 Å². The second-order valence-electron chi connectivity index (χ2n) is 5.17. The van der Waals surface area contributed by atoms with Crippen molar-refractivity contribution in [2.45, 2.75) is 31.7 Å². The normalized spacial score (nSPS) is 16.3. The van der Waals surface area contributed by atoms with E-state index in [-0.39, 0.29) is 11.9 Å². The van der Waals surface area contributed by atoms with Crippen molar-refractivity contribution >= 4 is 23.6 Å². The van der Waals surface area contributed by atoms with Crippen LogP contribution in [0.1, 0.15) is 31.7 Å². The summed E-state index contributed by atoms with van der Waals surface area (Å²) < 4.78 is 4.80. The Labute approximate surface area is 124 Å². The number of nitrogens with one attached hydrogen (secondary N) is 1. The lowest BCUT2D eigenvalue weighted by atomic mass is 9.77. The van der Waals surface area contributed by atoms with E-state index in [0.29, 0.717) is 12.3 Å². The second-order valence-corrected chi connectivity index (χ2v) is 5.17. The predicted octanol–water partition coefficient (Wildman–Crippen LogP) is 2.08. The molecule has 0 aromatic heterocycles. The number of esters is 1. The number of amides is 1. The highest BCUT2D eigenvalue weighted by Crippen LogP contribution is 2.30. The van der Waals surface area contributed by atoms with Gasteiger partial charge in [-0.25, -0.2) is 4.79 Å². The first kappa shape index (κ1) is 15.3. The quantitative estimate of drug-likeness (QED) is 0.642. The maximum atomic E-state index is 12.0. The van der Waals surface area contributed by atoms with Crippen molar-refractivity contribution in [2.24, 2.45) is 5.73 Å². The van der Waals surface area contributed by atoms with Crippen LogP contribution < -0.4 is 11.1 Å². The molecule has 0 radical (unpaired) electrons. The first-order chi connectivity index (χ1) is 10.0. The molecule has 0 unspecified atom stereocenters. The summed E-state index contributed by atoms with van der Waals surface area (Å²) in [7, 11) is 0. The topological polar surface area (TPSA) is 81.4 Å². The van der Waals surface area contributed by atoms with E-state index in [4.69, 9.17) is 10.5 Å². The van der Waals surface area contributed by atoms with Gasteiger partial charge in [0, 0.05) is 11.8 Å². The molecule has 0 saturated heterocycles. The Hall–Kier alpha value is -2.14. The van der Waals surface area contributed by atoms with E-state index in [1.165, 1.54) is 6.08 Å². The molecule has 0 heterocycles. The number of carbonyl (C=O) groups excluding carboxylic acids is 2. The average molecular weight is 288 g/mol. The SMILES string of the molecule is CCOC(=O)C=Cc1ccc(NC(=O)C2(N)CCC2)cc1. The molecule has 1 fully saturated rings. The molecule has 1 amide bonds. The molecule has 5 nitrogen and oxygen atoms in total. The number of carbonyl (C=O) groups is 2. The van der Waals surface area contributed by atoms with E-state index < -0.39 is 5.54 Å². The van der Waals surface area contributed by atoms with Crippen LogP contribution in [0, 0.1) is 0 Å². The van der Waals surface area contributed by atoms with Crippen LogP contribution in [0.4, 0.5) is 5.69 Å². The van der Waals surface area contributed by atoms with Crippen molar-refractivity contribution in [3.63, 3.8) is 0 Å². The summed E-state index contributed by atoms with van der Waals surface area (Å²) >= 11 is 0. The molecule has 21 heavy (non-hydrogen) atoms. The standard InChI is InChI=1S/C16H20N2O3/c1-2-21-14(19)9-6-12-4-7-13(8-5-12)18-15(20)16(17)10-3-11-16/h4-9H,2-3,10-11,17H2,1H3,(H,18,20).